The summed E-state index contributed by atoms with van der Waals surface area (Å²) in [6.45, 7) is 38.4. The van der Waals surface area contributed by atoms with Gasteiger partial charge in [0.15, 0.2) is 57.9 Å². The molecule has 18 heteroatoms. The Kier molecular flexibility index (Phi) is 10.6. The Balaban J connectivity index is 1.74. The second-order valence-corrected chi connectivity index (χ2v) is 13.4. The molecule has 2 aliphatic rings. The van der Waals surface area contributed by atoms with Gasteiger partial charge in [-0.05, 0) is 69.3 Å². The summed E-state index contributed by atoms with van der Waals surface area (Å²) in [5, 5.41) is 39.4. The van der Waals surface area contributed by atoms with Crippen molar-refractivity contribution in [2.24, 2.45) is 0 Å². The highest BCUT2D eigenvalue weighted by molar-refractivity contribution is 6.32. The van der Waals surface area contributed by atoms with E-state index in [-0.39, 0.29) is 28.1 Å². The molecular formula is C47H8F9N9. The molecular weight excluding hydrogens is 862 g/mol. The summed E-state index contributed by atoms with van der Waals surface area (Å²) in [5.74, 6) is -20.0. The monoisotopic (exact) mass is 869 g/mol. The van der Waals surface area contributed by atoms with Crippen LogP contribution in [-0.2, 0) is 0 Å². The lowest BCUT2D eigenvalue weighted by molar-refractivity contribution is 0.447. The first-order chi connectivity index (χ1) is 31.1. The number of halogens is 9. The molecule has 5 aromatic carbocycles. The molecule has 0 radical (unpaired) electrons. The summed E-state index contributed by atoms with van der Waals surface area (Å²) in [6.07, 6.45) is 0. The average molecular weight is 870 g/mol. The predicted octanol–water partition coefficient (Wildman–Crippen LogP) is 12.9. The van der Waals surface area contributed by atoms with Crippen LogP contribution in [0, 0.1) is 125 Å². The fourth-order valence-corrected chi connectivity index (χ4v) is 7.44. The fourth-order valence-electron chi connectivity index (χ4n) is 7.44. The molecule has 2 aliphatic carbocycles. The van der Waals surface area contributed by atoms with Crippen molar-refractivity contribution >= 4 is 62.1 Å². The minimum Gasteiger partial charge on any atom is -0.238 e. The molecule has 0 saturated carbocycles. The van der Waals surface area contributed by atoms with E-state index < -0.39 is 142 Å². The fraction of sp³-hybridized carbons (Fsp3) is 0. The Morgan fingerprint density at radius 3 is 1.43 bits per heavy atom. The second kappa shape index (κ2) is 16.0. The van der Waals surface area contributed by atoms with Crippen molar-refractivity contribution in [3.05, 3.63) is 213 Å². The number of fused-ring (bicyclic) bond motifs is 2. The van der Waals surface area contributed by atoms with Gasteiger partial charge in [0.1, 0.15) is 23.5 Å². The molecule has 0 saturated heterocycles. The average Bonchev–Trinajstić information content (AvgIpc) is 3.77. The summed E-state index contributed by atoms with van der Waals surface area (Å²) in [5.41, 5.74) is -18.4. The largest absolute Gasteiger partial charge is 0.262 e. The first-order valence-corrected chi connectivity index (χ1v) is 17.5. The van der Waals surface area contributed by atoms with E-state index in [9.17, 15) is 21.0 Å². The van der Waals surface area contributed by atoms with E-state index in [0.717, 1.165) is 48.5 Å². The molecule has 7 rings (SSSR count). The van der Waals surface area contributed by atoms with Gasteiger partial charge < -0.3 is 0 Å². The van der Waals surface area contributed by atoms with Gasteiger partial charge in [-0.3, -0.25) is 0 Å². The molecule has 0 fully saturated rings. The molecule has 0 bridgehead atoms. The summed E-state index contributed by atoms with van der Waals surface area (Å²) in [7, 11) is 0. The zero-order valence-corrected chi connectivity index (χ0v) is 31.5. The molecule has 9 nitrogen and oxygen atoms in total. The Morgan fingerprint density at radius 1 is 0.462 bits per heavy atom. The van der Waals surface area contributed by atoms with Crippen LogP contribution >= 0.6 is 0 Å². The summed E-state index contributed by atoms with van der Waals surface area (Å²) >= 11 is 0. The number of nitriles is 4. The van der Waals surface area contributed by atoms with Crippen molar-refractivity contribution < 1.29 is 39.5 Å². The van der Waals surface area contributed by atoms with Crippen LogP contribution in [0.2, 0.25) is 0 Å². The van der Waals surface area contributed by atoms with Crippen molar-refractivity contribution in [3.63, 3.8) is 0 Å². The van der Waals surface area contributed by atoms with Gasteiger partial charge in [-0.25, -0.2) is 63.7 Å². The van der Waals surface area contributed by atoms with Gasteiger partial charge in [-0.15, -0.1) is 0 Å². The van der Waals surface area contributed by atoms with Gasteiger partial charge in [-0.1, -0.05) is 18.2 Å². The summed E-state index contributed by atoms with van der Waals surface area (Å²) in [6, 6.07) is 13.7. The van der Waals surface area contributed by atoms with E-state index in [4.69, 9.17) is 32.9 Å². The maximum Gasteiger partial charge on any atom is 0.262 e. The third-order valence-corrected chi connectivity index (χ3v) is 10.1. The van der Waals surface area contributed by atoms with E-state index in [1.807, 2.05) is 0 Å². The van der Waals surface area contributed by atoms with Gasteiger partial charge in [-0.2, -0.15) is 21.0 Å². The van der Waals surface area contributed by atoms with Gasteiger partial charge in [0.2, 0.25) is 11.4 Å². The van der Waals surface area contributed by atoms with Crippen molar-refractivity contribution in [1.29, 1.82) is 21.0 Å². The summed E-state index contributed by atoms with van der Waals surface area (Å²) in [4.78, 5) is 15.6. The quantitative estimate of drug-likeness (QED) is 0.0773. The minimum absolute atomic E-state index is 0.270. The number of nitrogens with zero attached hydrogens (tertiary/aromatic N) is 9. The van der Waals surface area contributed by atoms with Gasteiger partial charge in [0.05, 0.1) is 56.1 Å². The molecule has 0 N–H and O–H groups in total. The third-order valence-electron chi connectivity index (χ3n) is 10.1. The van der Waals surface area contributed by atoms with Gasteiger partial charge in [0, 0.05) is 33.4 Å². The lowest BCUT2D eigenvalue weighted by Crippen LogP contribution is -2.07. The molecule has 0 aliphatic heterocycles. The molecule has 0 amide bonds. The number of rotatable bonds is 4. The predicted molar refractivity (Wildman–Crippen MR) is 212 cm³/mol. The van der Waals surface area contributed by atoms with Gasteiger partial charge >= 0.3 is 0 Å². The molecule has 0 heterocycles. The zero-order chi connectivity index (χ0) is 47.3. The highest BCUT2D eigenvalue weighted by Gasteiger charge is 2.42. The number of hydrogen-bond donors (Lipinski definition) is 0. The standard InChI is InChI=1S/C47H8F9N9/c1-61-22-8-18(14-57)6-20(10-22)28(16-59)30-25-12-26-24(13-27(25)46(64-4)33(30)35-41(53)43(55)47(65-5)44(56)42(35)54)31(45(63-3)21-7-19(15-58)9-23(11-21)62-2)32(36(26)48)34-39(51)37(49)29(17-60)38(50)40(34)52/h6-13H/b30-28-,45-31+. The third kappa shape index (κ3) is 6.28. The number of hydrogen-bond acceptors (Lipinski definition) is 4. The number of benzene rings is 5. The molecule has 5 aromatic rings. The van der Waals surface area contributed by atoms with Crippen molar-refractivity contribution in [2.75, 3.05) is 0 Å². The van der Waals surface area contributed by atoms with Crippen molar-refractivity contribution in [1.82, 2.24) is 0 Å². The zero-order valence-electron chi connectivity index (χ0n) is 31.5. The smallest absolute Gasteiger partial charge is 0.238 e. The highest BCUT2D eigenvalue weighted by Crippen LogP contribution is 2.58. The van der Waals surface area contributed by atoms with Crippen LogP contribution in [0.4, 0.5) is 56.6 Å². The topological polar surface area (TPSA) is 117 Å². The lowest BCUT2D eigenvalue weighted by atomic mass is 9.87. The minimum atomic E-state index is -2.33. The van der Waals surface area contributed by atoms with E-state index in [1.165, 1.54) is 0 Å². The maximum absolute atomic E-state index is 17.5. The molecule has 304 valence electrons. The Hall–Kier alpha value is -10.2. The number of allylic oxidation sites excluding steroid dienone is 5. The van der Waals surface area contributed by atoms with Crippen molar-refractivity contribution in [3.8, 4) is 24.3 Å². The lowest BCUT2D eigenvalue weighted by Gasteiger charge is -2.16. The SMILES string of the molecule is [C-]#[N+]C1=C(c2c(F)c(F)c([N+]#[C-])c(F)c2F)/C(=C(/C#N)c2cc(C#N)cc([N+]#[C-])c2)c2cc3c(cc21)/C(=C(\[N+]#[C-])c1cc(C#N)cc([N+]#[C-])c1)C(c1c(F)c(F)c(C#N)c(F)c1F)=C3F. The second-order valence-electron chi connectivity index (χ2n) is 13.4. The first kappa shape index (κ1) is 42.9. The van der Waals surface area contributed by atoms with Gasteiger partial charge in [0.25, 0.3) is 5.69 Å². The molecule has 0 aromatic heterocycles. The summed E-state index contributed by atoms with van der Waals surface area (Å²) < 4.78 is 143. The molecule has 0 atom stereocenters. The molecule has 0 unspecified atom stereocenters. The Bertz CT molecular complexity index is 3580. The first-order valence-electron chi connectivity index (χ1n) is 17.5. The maximum atomic E-state index is 17.5. The van der Waals surface area contributed by atoms with E-state index >= 15 is 39.5 Å². The van der Waals surface area contributed by atoms with Crippen LogP contribution in [0.5, 0.6) is 0 Å². The normalized spacial score (nSPS) is 13.7. The van der Waals surface area contributed by atoms with Crippen LogP contribution in [0.1, 0.15) is 61.2 Å². The Labute approximate surface area is 359 Å². The van der Waals surface area contributed by atoms with Crippen LogP contribution in [0.3, 0.4) is 0 Å². The van der Waals surface area contributed by atoms with Crippen molar-refractivity contribution in [2.45, 2.75) is 0 Å². The van der Waals surface area contributed by atoms with E-state index in [0.29, 0.717) is 6.07 Å². The highest BCUT2D eigenvalue weighted by atomic mass is 19.2. The van der Waals surface area contributed by atoms with Crippen LogP contribution in [-0.4, -0.2) is 0 Å². The molecule has 0 spiro atoms. The Morgan fingerprint density at radius 2 is 0.954 bits per heavy atom. The van der Waals surface area contributed by atoms with Crippen LogP contribution in [0.25, 0.3) is 69.3 Å². The molecule has 65 heavy (non-hydrogen) atoms. The van der Waals surface area contributed by atoms with Crippen LogP contribution in [0.15, 0.2) is 48.5 Å². The van der Waals surface area contributed by atoms with Crippen LogP contribution < -0.4 is 0 Å². The van der Waals surface area contributed by atoms with E-state index in [1.54, 1.807) is 18.2 Å². The van der Waals surface area contributed by atoms with E-state index in [2.05, 4.69) is 24.2 Å².